The number of ketones is 1. The topological polar surface area (TPSA) is 34.1 Å². The lowest BCUT2D eigenvalue weighted by Gasteiger charge is -2.16. The Kier molecular flexibility index (Phi) is 4.79. The monoisotopic (exact) mass is 320 g/mol. The average Bonchev–Trinajstić information content (AvgIpc) is 2.64. The third-order valence-corrected chi connectivity index (χ3v) is 5.24. The van der Waals surface area contributed by atoms with Crippen LogP contribution in [0.25, 0.3) is 0 Å². The van der Waals surface area contributed by atoms with Gasteiger partial charge in [0.05, 0.1) is 10.8 Å². The van der Waals surface area contributed by atoms with Gasteiger partial charge in [0.1, 0.15) is 5.25 Å². The van der Waals surface area contributed by atoms with Crippen LogP contribution in [-0.2, 0) is 10.8 Å². The van der Waals surface area contributed by atoms with Crippen LogP contribution in [-0.4, -0.2) is 9.99 Å². The molecule has 114 valence electrons. The van der Waals surface area contributed by atoms with Gasteiger partial charge in [0.15, 0.2) is 5.78 Å². The summed E-state index contributed by atoms with van der Waals surface area (Å²) in [6.45, 7) is 0. The van der Waals surface area contributed by atoms with E-state index in [2.05, 4.69) is 0 Å². The molecule has 0 aliphatic heterocycles. The minimum atomic E-state index is -1.45. The Labute approximate surface area is 138 Å². The van der Waals surface area contributed by atoms with E-state index in [1.165, 1.54) is 0 Å². The molecular formula is C20H16O2S. The summed E-state index contributed by atoms with van der Waals surface area (Å²) in [5.41, 5.74) is 1.34. The van der Waals surface area contributed by atoms with Crippen molar-refractivity contribution in [2.75, 3.05) is 0 Å². The summed E-state index contributed by atoms with van der Waals surface area (Å²) in [7, 11) is -1.45. The first-order chi connectivity index (χ1) is 11.3. The van der Waals surface area contributed by atoms with Crippen molar-refractivity contribution in [3.8, 4) is 0 Å². The second-order valence-corrected chi connectivity index (χ2v) is 6.67. The lowest BCUT2D eigenvalue weighted by atomic mass is 10.0. The fourth-order valence-corrected chi connectivity index (χ4v) is 3.88. The van der Waals surface area contributed by atoms with Crippen molar-refractivity contribution in [1.82, 2.24) is 0 Å². The molecule has 0 radical (unpaired) electrons. The average molecular weight is 320 g/mol. The van der Waals surface area contributed by atoms with E-state index < -0.39 is 16.0 Å². The smallest absolute Gasteiger partial charge is 0.183 e. The van der Waals surface area contributed by atoms with E-state index in [0.29, 0.717) is 10.5 Å². The molecule has 0 aromatic heterocycles. The molecule has 3 rings (SSSR count). The largest absolute Gasteiger partial charge is 0.292 e. The number of benzene rings is 3. The summed E-state index contributed by atoms with van der Waals surface area (Å²) in [5, 5.41) is -0.707. The molecule has 0 spiro atoms. The van der Waals surface area contributed by atoms with Gasteiger partial charge in [0.2, 0.25) is 0 Å². The van der Waals surface area contributed by atoms with Crippen molar-refractivity contribution in [2.24, 2.45) is 0 Å². The summed E-state index contributed by atoms with van der Waals surface area (Å²) in [6.07, 6.45) is 0. The van der Waals surface area contributed by atoms with Crippen molar-refractivity contribution in [1.29, 1.82) is 0 Å². The predicted molar refractivity (Wildman–Crippen MR) is 92.8 cm³/mol. The van der Waals surface area contributed by atoms with Crippen LogP contribution >= 0.6 is 0 Å². The molecule has 0 amide bonds. The SMILES string of the molecule is O=C(c1ccccc1)C(c1ccccc1)S(=O)c1ccccc1. The number of hydrogen-bond acceptors (Lipinski definition) is 2. The summed E-state index contributed by atoms with van der Waals surface area (Å²) >= 11 is 0. The first-order valence-electron chi connectivity index (χ1n) is 7.37. The van der Waals surface area contributed by atoms with Crippen LogP contribution in [0.4, 0.5) is 0 Å². The first-order valence-corrected chi connectivity index (χ1v) is 8.58. The zero-order chi connectivity index (χ0) is 16.1. The maximum absolute atomic E-state index is 13.1. The van der Waals surface area contributed by atoms with E-state index >= 15 is 0 Å². The molecule has 0 aliphatic rings. The Hall–Kier alpha value is -2.52. The van der Waals surface area contributed by atoms with Crippen LogP contribution in [0.1, 0.15) is 21.2 Å². The number of Topliss-reactive ketones (excluding diaryl/α,β-unsaturated/α-hetero) is 1. The van der Waals surface area contributed by atoms with E-state index in [4.69, 9.17) is 0 Å². The van der Waals surface area contributed by atoms with Gasteiger partial charge in [-0.15, -0.1) is 0 Å². The highest BCUT2D eigenvalue weighted by Gasteiger charge is 2.28. The Morgan fingerprint density at radius 3 is 1.74 bits per heavy atom. The molecule has 3 aromatic carbocycles. The van der Waals surface area contributed by atoms with Gasteiger partial charge >= 0.3 is 0 Å². The minimum absolute atomic E-state index is 0.126. The zero-order valence-corrected chi connectivity index (χ0v) is 13.3. The zero-order valence-electron chi connectivity index (χ0n) is 12.5. The summed E-state index contributed by atoms with van der Waals surface area (Å²) in [5.74, 6) is -0.126. The quantitative estimate of drug-likeness (QED) is 0.652. The van der Waals surface area contributed by atoms with Crippen LogP contribution in [0.5, 0.6) is 0 Å². The fraction of sp³-hybridized carbons (Fsp3) is 0.0500. The fourth-order valence-electron chi connectivity index (χ4n) is 2.44. The Balaban J connectivity index is 2.05. The molecule has 3 aromatic rings. The summed E-state index contributed by atoms with van der Waals surface area (Å²) in [4.78, 5) is 13.6. The Morgan fingerprint density at radius 2 is 1.17 bits per heavy atom. The Bertz CT molecular complexity index is 747. The van der Waals surface area contributed by atoms with Crippen LogP contribution in [0.3, 0.4) is 0 Å². The summed E-state index contributed by atoms with van der Waals surface area (Å²) < 4.78 is 13.1. The lowest BCUT2D eigenvalue weighted by Crippen LogP contribution is -2.18. The molecule has 0 bridgehead atoms. The predicted octanol–water partition coefficient (Wildman–Crippen LogP) is 4.42. The van der Waals surface area contributed by atoms with Gasteiger partial charge in [-0.3, -0.25) is 9.00 Å². The van der Waals surface area contributed by atoms with Crippen molar-refractivity contribution >= 4 is 16.6 Å². The van der Waals surface area contributed by atoms with Gasteiger partial charge in [-0.25, -0.2) is 0 Å². The van der Waals surface area contributed by atoms with Crippen molar-refractivity contribution in [3.05, 3.63) is 102 Å². The molecular weight excluding hydrogens is 304 g/mol. The molecule has 0 aliphatic carbocycles. The van der Waals surface area contributed by atoms with Gasteiger partial charge < -0.3 is 0 Å². The van der Waals surface area contributed by atoms with Crippen LogP contribution in [0.2, 0.25) is 0 Å². The van der Waals surface area contributed by atoms with Crippen LogP contribution in [0.15, 0.2) is 95.9 Å². The Morgan fingerprint density at radius 1 is 0.696 bits per heavy atom. The second-order valence-electron chi connectivity index (χ2n) is 5.13. The van der Waals surface area contributed by atoms with Gasteiger partial charge in [-0.2, -0.15) is 0 Å². The van der Waals surface area contributed by atoms with Crippen LogP contribution in [0, 0.1) is 0 Å². The number of hydrogen-bond donors (Lipinski definition) is 0. The maximum atomic E-state index is 13.1. The normalized spacial score (nSPS) is 13.2. The van der Waals surface area contributed by atoms with E-state index in [9.17, 15) is 9.00 Å². The minimum Gasteiger partial charge on any atom is -0.292 e. The highest BCUT2D eigenvalue weighted by molar-refractivity contribution is 7.86. The molecule has 0 saturated heterocycles. The molecule has 3 heteroatoms. The van der Waals surface area contributed by atoms with Gasteiger partial charge in [0, 0.05) is 10.5 Å². The highest BCUT2D eigenvalue weighted by atomic mass is 32.2. The third-order valence-electron chi connectivity index (χ3n) is 3.59. The second kappa shape index (κ2) is 7.16. The molecule has 2 atom stereocenters. The molecule has 0 fully saturated rings. The van der Waals surface area contributed by atoms with Gasteiger partial charge in [-0.1, -0.05) is 78.9 Å². The number of carbonyl (C=O) groups excluding carboxylic acids is 1. The van der Waals surface area contributed by atoms with E-state index in [-0.39, 0.29) is 5.78 Å². The van der Waals surface area contributed by atoms with E-state index in [1.807, 2.05) is 66.7 Å². The van der Waals surface area contributed by atoms with Crippen molar-refractivity contribution in [2.45, 2.75) is 10.1 Å². The van der Waals surface area contributed by atoms with Gasteiger partial charge in [0.25, 0.3) is 0 Å². The molecule has 0 saturated carbocycles. The number of carbonyl (C=O) groups is 1. The molecule has 0 heterocycles. The molecule has 2 unspecified atom stereocenters. The van der Waals surface area contributed by atoms with Crippen LogP contribution < -0.4 is 0 Å². The van der Waals surface area contributed by atoms with E-state index in [0.717, 1.165) is 5.56 Å². The number of rotatable bonds is 5. The lowest BCUT2D eigenvalue weighted by molar-refractivity contribution is 0.0988. The maximum Gasteiger partial charge on any atom is 0.183 e. The van der Waals surface area contributed by atoms with E-state index in [1.54, 1.807) is 24.3 Å². The third kappa shape index (κ3) is 3.46. The van der Waals surface area contributed by atoms with Crippen molar-refractivity contribution < 1.29 is 9.00 Å². The standard InChI is InChI=1S/C20H16O2S/c21-19(16-10-4-1-5-11-16)20(17-12-6-2-7-13-17)23(22)18-14-8-3-9-15-18/h1-15,20H. The van der Waals surface area contributed by atoms with Gasteiger partial charge in [-0.05, 0) is 17.7 Å². The molecule has 0 N–H and O–H groups in total. The molecule has 23 heavy (non-hydrogen) atoms. The van der Waals surface area contributed by atoms with Crippen molar-refractivity contribution in [3.63, 3.8) is 0 Å². The highest BCUT2D eigenvalue weighted by Crippen LogP contribution is 2.28. The first kappa shape index (κ1) is 15.4. The summed E-state index contributed by atoms with van der Waals surface area (Å²) in [6, 6.07) is 27.5. The molecule has 2 nitrogen and oxygen atoms in total.